The van der Waals surface area contributed by atoms with Crippen LogP contribution in [-0.2, 0) is 13.1 Å². The molecule has 0 spiro atoms. The van der Waals surface area contributed by atoms with Crippen molar-refractivity contribution in [3.8, 4) is 11.6 Å². The van der Waals surface area contributed by atoms with Gasteiger partial charge in [0.2, 0.25) is 5.88 Å². The van der Waals surface area contributed by atoms with Crippen LogP contribution in [0.25, 0.3) is 0 Å². The number of rotatable bonds is 7. The minimum atomic E-state index is 0.406. The first kappa shape index (κ1) is 14.8. The van der Waals surface area contributed by atoms with E-state index in [-0.39, 0.29) is 0 Å². The molecular weight excluding hydrogens is 276 g/mol. The van der Waals surface area contributed by atoms with Crippen LogP contribution < -0.4 is 10.1 Å². The summed E-state index contributed by atoms with van der Waals surface area (Å²) in [5.41, 5.74) is 1.03. The number of hydrogen-bond donors (Lipinski definition) is 1. The standard InChI is InChI=1S/C14H19ClN4O/c1-3-5-19-10-12(9-18-19)20-14-13(15)6-11(8-17-14)7-16-4-2/h6,8-10,16H,3-5,7H2,1-2H3. The summed E-state index contributed by atoms with van der Waals surface area (Å²) in [6.45, 7) is 6.68. The maximum Gasteiger partial charge on any atom is 0.238 e. The lowest BCUT2D eigenvalue weighted by Gasteiger charge is -2.06. The Balaban J connectivity index is 2.04. The second-order valence-corrected chi connectivity index (χ2v) is 4.86. The monoisotopic (exact) mass is 294 g/mol. The average Bonchev–Trinajstić information content (AvgIpc) is 2.87. The highest BCUT2D eigenvalue weighted by atomic mass is 35.5. The van der Waals surface area contributed by atoms with E-state index in [1.807, 2.05) is 16.9 Å². The normalized spacial score (nSPS) is 10.8. The number of nitrogens with one attached hydrogen (secondary N) is 1. The molecule has 0 saturated carbocycles. The summed E-state index contributed by atoms with van der Waals surface area (Å²) in [6.07, 6.45) is 6.30. The third-order valence-electron chi connectivity index (χ3n) is 2.72. The van der Waals surface area contributed by atoms with Crippen molar-refractivity contribution in [2.45, 2.75) is 33.4 Å². The van der Waals surface area contributed by atoms with E-state index in [2.05, 4.69) is 29.2 Å². The van der Waals surface area contributed by atoms with Crippen LogP contribution in [0.2, 0.25) is 5.02 Å². The summed E-state index contributed by atoms with van der Waals surface area (Å²) < 4.78 is 7.48. The number of hydrogen-bond acceptors (Lipinski definition) is 4. The van der Waals surface area contributed by atoms with Crippen molar-refractivity contribution in [1.29, 1.82) is 0 Å². The molecule has 108 valence electrons. The molecule has 0 amide bonds. The highest BCUT2D eigenvalue weighted by molar-refractivity contribution is 6.31. The zero-order valence-electron chi connectivity index (χ0n) is 11.8. The van der Waals surface area contributed by atoms with Crippen LogP contribution in [0.3, 0.4) is 0 Å². The van der Waals surface area contributed by atoms with Crippen LogP contribution in [0.5, 0.6) is 11.6 Å². The van der Waals surface area contributed by atoms with Gasteiger partial charge in [0.05, 0.1) is 12.4 Å². The summed E-state index contributed by atoms with van der Waals surface area (Å²) in [6, 6.07) is 1.86. The molecule has 1 N–H and O–H groups in total. The fourth-order valence-corrected chi connectivity index (χ4v) is 1.99. The van der Waals surface area contributed by atoms with Gasteiger partial charge in [0, 0.05) is 19.3 Å². The molecule has 2 rings (SSSR count). The van der Waals surface area contributed by atoms with Gasteiger partial charge in [-0.15, -0.1) is 0 Å². The fraction of sp³-hybridized carbons (Fsp3) is 0.429. The first-order chi connectivity index (χ1) is 9.72. The third-order valence-corrected chi connectivity index (χ3v) is 2.99. The van der Waals surface area contributed by atoms with Crippen molar-refractivity contribution in [1.82, 2.24) is 20.1 Å². The first-order valence-corrected chi connectivity index (χ1v) is 7.16. The topological polar surface area (TPSA) is 52.0 Å². The van der Waals surface area contributed by atoms with E-state index >= 15 is 0 Å². The summed E-state index contributed by atoms with van der Waals surface area (Å²) in [5.74, 6) is 1.05. The Kier molecular flexibility index (Phi) is 5.38. The zero-order valence-corrected chi connectivity index (χ0v) is 12.5. The molecular formula is C14H19ClN4O. The highest BCUT2D eigenvalue weighted by Gasteiger charge is 2.08. The highest BCUT2D eigenvalue weighted by Crippen LogP contribution is 2.27. The Morgan fingerprint density at radius 1 is 1.35 bits per heavy atom. The van der Waals surface area contributed by atoms with Crippen molar-refractivity contribution in [3.05, 3.63) is 35.2 Å². The summed E-state index contributed by atoms with van der Waals surface area (Å²) in [7, 11) is 0. The number of aromatic nitrogens is 3. The van der Waals surface area contributed by atoms with Gasteiger partial charge in [0.25, 0.3) is 0 Å². The molecule has 2 aromatic heterocycles. The Morgan fingerprint density at radius 2 is 2.20 bits per heavy atom. The molecule has 5 nitrogen and oxygen atoms in total. The maximum atomic E-state index is 6.18. The molecule has 20 heavy (non-hydrogen) atoms. The Bertz CT molecular complexity index is 556. The van der Waals surface area contributed by atoms with Gasteiger partial charge < -0.3 is 10.1 Å². The average molecular weight is 295 g/mol. The van der Waals surface area contributed by atoms with Crippen molar-refractivity contribution >= 4 is 11.6 Å². The molecule has 0 unspecified atom stereocenters. The Hall–Kier alpha value is -1.59. The van der Waals surface area contributed by atoms with E-state index in [9.17, 15) is 0 Å². The zero-order chi connectivity index (χ0) is 14.4. The van der Waals surface area contributed by atoms with E-state index in [4.69, 9.17) is 16.3 Å². The first-order valence-electron chi connectivity index (χ1n) is 6.78. The number of pyridine rings is 1. The molecule has 0 aromatic carbocycles. The van der Waals surface area contributed by atoms with Crippen molar-refractivity contribution < 1.29 is 4.74 Å². The van der Waals surface area contributed by atoms with E-state index in [0.717, 1.165) is 31.6 Å². The minimum absolute atomic E-state index is 0.406. The second kappa shape index (κ2) is 7.26. The minimum Gasteiger partial charge on any atom is -0.434 e. The predicted molar refractivity (Wildman–Crippen MR) is 79.2 cm³/mol. The van der Waals surface area contributed by atoms with E-state index in [1.54, 1.807) is 12.4 Å². The molecule has 2 aromatic rings. The van der Waals surface area contributed by atoms with E-state index < -0.39 is 0 Å². The summed E-state index contributed by atoms with van der Waals surface area (Å²) >= 11 is 6.18. The third kappa shape index (κ3) is 3.95. The van der Waals surface area contributed by atoms with Crippen molar-refractivity contribution in [2.24, 2.45) is 0 Å². The van der Waals surface area contributed by atoms with Crippen LogP contribution in [0.1, 0.15) is 25.8 Å². The molecule has 0 fully saturated rings. The lowest BCUT2D eigenvalue weighted by Crippen LogP contribution is -2.11. The SMILES string of the molecule is CCCn1cc(Oc2ncc(CNCC)cc2Cl)cn1. The molecule has 0 aliphatic rings. The molecule has 0 aliphatic carbocycles. The van der Waals surface area contributed by atoms with E-state index in [1.165, 1.54) is 0 Å². The predicted octanol–water partition coefficient (Wildman–Crippen LogP) is 3.24. The summed E-state index contributed by atoms with van der Waals surface area (Å²) in [5, 5.41) is 7.93. The second-order valence-electron chi connectivity index (χ2n) is 4.45. The molecule has 0 radical (unpaired) electrons. The lowest BCUT2D eigenvalue weighted by atomic mass is 10.3. The molecule has 0 bridgehead atoms. The molecule has 0 saturated heterocycles. The lowest BCUT2D eigenvalue weighted by molar-refractivity contribution is 0.461. The number of aryl methyl sites for hydroxylation is 1. The fourth-order valence-electron chi connectivity index (χ4n) is 1.77. The van der Waals surface area contributed by atoms with Crippen LogP contribution >= 0.6 is 11.6 Å². The van der Waals surface area contributed by atoms with Gasteiger partial charge in [0.15, 0.2) is 5.75 Å². The van der Waals surface area contributed by atoms with Crippen molar-refractivity contribution in [3.63, 3.8) is 0 Å². The van der Waals surface area contributed by atoms with Gasteiger partial charge in [-0.25, -0.2) is 4.98 Å². The Labute approximate surface area is 123 Å². The van der Waals surface area contributed by atoms with Gasteiger partial charge in [-0.3, -0.25) is 4.68 Å². The van der Waals surface area contributed by atoms with Crippen LogP contribution in [-0.4, -0.2) is 21.3 Å². The van der Waals surface area contributed by atoms with E-state index in [0.29, 0.717) is 16.7 Å². The van der Waals surface area contributed by atoms with Gasteiger partial charge >= 0.3 is 0 Å². The van der Waals surface area contributed by atoms with Gasteiger partial charge in [-0.2, -0.15) is 5.10 Å². The number of ether oxygens (including phenoxy) is 1. The number of halogens is 1. The smallest absolute Gasteiger partial charge is 0.238 e. The number of nitrogens with zero attached hydrogens (tertiary/aromatic N) is 3. The molecule has 0 aliphatic heterocycles. The Morgan fingerprint density at radius 3 is 2.90 bits per heavy atom. The quantitative estimate of drug-likeness (QED) is 0.852. The largest absolute Gasteiger partial charge is 0.434 e. The maximum absolute atomic E-state index is 6.18. The van der Waals surface area contributed by atoms with Gasteiger partial charge in [-0.1, -0.05) is 25.4 Å². The molecule has 0 atom stereocenters. The molecule has 2 heterocycles. The van der Waals surface area contributed by atoms with Crippen LogP contribution in [0.4, 0.5) is 0 Å². The van der Waals surface area contributed by atoms with Crippen LogP contribution in [0, 0.1) is 0 Å². The van der Waals surface area contributed by atoms with Gasteiger partial charge in [-0.05, 0) is 24.6 Å². The molecule has 6 heteroatoms. The van der Waals surface area contributed by atoms with Crippen LogP contribution in [0.15, 0.2) is 24.7 Å². The summed E-state index contributed by atoms with van der Waals surface area (Å²) in [4.78, 5) is 4.25. The van der Waals surface area contributed by atoms with Gasteiger partial charge in [0.1, 0.15) is 5.02 Å². The van der Waals surface area contributed by atoms with Crippen molar-refractivity contribution in [2.75, 3.05) is 6.54 Å².